The van der Waals surface area contributed by atoms with Gasteiger partial charge in [-0.1, -0.05) is 18.2 Å². The molecule has 5 heteroatoms. The zero-order chi connectivity index (χ0) is 20.1. The van der Waals surface area contributed by atoms with Gasteiger partial charge in [-0.3, -0.25) is 4.79 Å². The van der Waals surface area contributed by atoms with Crippen LogP contribution in [0.5, 0.6) is 11.5 Å². The molecule has 5 nitrogen and oxygen atoms in total. The molecule has 2 aromatic carbocycles. The number of nitrogens with one attached hydrogen (secondary N) is 1. The molecular weight excluding hydrogens is 352 g/mol. The van der Waals surface area contributed by atoms with Crippen molar-refractivity contribution in [2.24, 2.45) is 7.05 Å². The Morgan fingerprint density at radius 1 is 1.04 bits per heavy atom. The van der Waals surface area contributed by atoms with E-state index in [4.69, 9.17) is 9.47 Å². The predicted molar refractivity (Wildman–Crippen MR) is 112 cm³/mol. The van der Waals surface area contributed by atoms with Crippen molar-refractivity contribution >= 4 is 0 Å². The Hall–Kier alpha value is -3.05. The Kier molecular flexibility index (Phi) is 6.16. The maximum Gasteiger partial charge on any atom is 0.250 e. The van der Waals surface area contributed by atoms with Crippen molar-refractivity contribution in [3.63, 3.8) is 0 Å². The first-order chi connectivity index (χ1) is 13.5. The van der Waals surface area contributed by atoms with E-state index in [2.05, 4.69) is 30.4 Å². The van der Waals surface area contributed by atoms with E-state index in [0.717, 1.165) is 28.2 Å². The van der Waals surface area contributed by atoms with E-state index in [-0.39, 0.29) is 11.6 Å². The number of rotatable bonds is 7. The van der Waals surface area contributed by atoms with Crippen molar-refractivity contribution in [1.82, 2.24) is 9.88 Å². The quantitative estimate of drug-likeness (QED) is 0.677. The van der Waals surface area contributed by atoms with Gasteiger partial charge in [0.05, 0.1) is 14.2 Å². The van der Waals surface area contributed by atoms with Crippen molar-refractivity contribution in [2.45, 2.75) is 19.5 Å². The Balaban J connectivity index is 1.81. The first-order valence-corrected chi connectivity index (χ1v) is 9.23. The lowest BCUT2D eigenvalue weighted by Crippen LogP contribution is -2.18. The summed E-state index contributed by atoms with van der Waals surface area (Å²) >= 11 is 0. The third-order valence-electron chi connectivity index (χ3n) is 4.87. The minimum absolute atomic E-state index is 0.0346. The molecule has 3 aromatic rings. The van der Waals surface area contributed by atoms with E-state index in [1.54, 1.807) is 31.9 Å². The summed E-state index contributed by atoms with van der Waals surface area (Å²) in [7, 11) is 5.08. The third-order valence-corrected chi connectivity index (χ3v) is 4.87. The standard InChI is InChI=1S/C23H26N2O3/c1-16(18-6-5-7-20(13-18)27-3)24-14-17-8-10-22(28-4)21(12-17)19-9-11-23(26)25(2)15-19/h5-13,15-16,24H,14H2,1-4H3. The summed E-state index contributed by atoms with van der Waals surface area (Å²) in [6, 6.07) is 17.8. The van der Waals surface area contributed by atoms with Crippen LogP contribution in [-0.2, 0) is 13.6 Å². The summed E-state index contributed by atoms with van der Waals surface area (Å²) < 4.78 is 12.4. The van der Waals surface area contributed by atoms with Crippen molar-refractivity contribution in [3.05, 3.63) is 82.3 Å². The van der Waals surface area contributed by atoms with Gasteiger partial charge in [0.1, 0.15) is 11.5 Å². The average molecular weight is 378 g/mol. The van der Waals surface area contributed by atoms with E-state index < -0.39 is 0 Å². The second-order valence-corrected chi connectivity index (χ2v) is 6.78. The van der Waals surface area contributed by atoms with E-state index in [1.807, 2.05) is 36.5 Å². The molecule has 0 fully saturated rings. The second-order valence-electron chi connectivity index (χ2n) is 6.78. The molecule has 0 saturated carbocycles. The first-order valence-electron chi connectivity index (χ1n) is 9.23. The predicted octanol–water partition coefficient (Wildman–Crippen LogP) is 3.92. The van der Waals surface area contributed by atoms with Crippen LogP contribution in [0.3, 0.4) is 0 Å². The zero-order valence-corrected chi connectivity index (χ0v) is 16.7. The monoisotopic (exact) mass is 378 g/mol. The van der Waals surface area contributed by atoms with Crippen LogP contribution < -0.4 is 20.3 Å². The summed E-state index contributed by atoms with van der Waals surface area (Å²) in [4.78, 5) is 11.7. The lowest BCUT2D eigenvalue weighted by molar-refractivity contribution is 0.413. The number of hydrogen-bond acceptors (Lipinski definition) is 4. The lowest BCUT2D eigenvalue weighted by Gasteiger charge is -2.17. The lowest BCUT2D eigenvalue weighted by atomic mass is 10.0. The van der Waals surface area contributed by atoms with Gasteiger partial charge in [-0.25, -0.2) is 0 Å². The van der Waals surface area contributed by atoms with E-state index >= 15 is 0 Å². The van der Waals surface area contributed by atoms with Crippen LogP contribution in [0.4, 0.5) is 0 Å². The normalized spacial score (nSPS) is 11.9. The van der Waals surface area contributed by atoms with Crippen LogP contribution in [0.15, 0.2) is 65.6 Å². The van der Waals surface area contributed by atoms with E-state index in [1.165, 1.54) is 5.56 Å². The fourth-order valence-corrected chi connectivity index (χ4v) is 3.14. The molecule has 0 aliphatic carbocycles. The maximum absolute atomic E-state index is 11.7. The zero-order valence-electron chi connectivity index (χ0n) is 16.7. The molecule has 0 saturated heterocycles. The molecule has 3 rings (SSSR count). The minimum atomic E-state index is -0.0346. The van der Waals surface area contributed by atoms with Gasteiger partial charge >= 0.3 is 0 Å². The van der Waals surface area contributed by atoms with Gasteiger partial charge in [-0.05, 0) is 48.4 Å². The van der Waals surface area contributed by atoms with Crippen LogP contribution in [0, 0.1) is 0 Å². The van der Waals surface area contributed by atoms with Gasteiger partial charge in [-0.15, -0.1) is 0 Å². The highest BCUT2D eigenvalue weighted by molar-refractivity contribution is 5.70. The highest BCUT2D eigenvalue weighted by Gasteiger charge is 2.10. The molecule has 146 valence electrons. The fourth-order valence-electron chi connectivity index (χ4n) is 3.14. The molecule has 0 bridgehead atoms. The number of nitrogens with zero attached hydrogens (tertiary/aromatic N) is 1. The largest absolute Gasteiger partial charge is 0.497 e. The molecule has 0 aliphatic heterocycles. The molecule has 1 aromatic heterocycles. The van der Waals surface area contributed by atoms with E-state index in [0.29, 0.717) is 6.54 Å². The summed E-state index contributed by atoms with van der Waals surface area (Å²) in [6.45, 7) is 2.84. The first kappa shape index (κ1) is 19.7. The summed E-state index contributed by atoms with van der Waals surface area (Å²) in [6.07, 6.45) is 1.83. The van der Waals surface area contributed by atoms with Crippen molar-refractivity contribution in [3.8, 4) is 22.6 Å². The number of aromatic nitrogens is 1. The highest BCUT2D eigenvalue weighted by Crippen LogP contribution is 2.30. The molecule has 1 N–H and O–H groups in total. The number of methoxy groups -OCH3 is 2. The molecule has 28 heavy (non-hydrogen) atoms. The fraction of sp³-hybridized carbons (Fsp3) is 0.261. The summed E-state index contributed by atoms with van der Waals surface area (Å²) in [5.74, 6) is 1.64. The smallest absolute Gasteiger partial charge is 0.250 e. The van der Waals surface area contributed by atoms with Crippen molar-refractivity contribution in [2.75, 3.05) is 14.2 Å². The van der Waals surface area contributed by atoms with Crippen LogP contribution in [0.25, 0.3) is 11.1 Å². The Morgan fingerprint density at radius 3 is 2.57 bits per heavy atom. The molecule has 0 amide bonds. The molecule has 1 unspecified atom stereocenters. The number of hydrogen-bond donors (Lipinski definition) is 1. The molecule has 0 aliphatic rings. The van der Waals surface area contributed by atoms with Gasteiger partial charge in [0.25, 0.3) is 0 Å². The van der Waals surface area contributed by atoms with Crippen LogP contribution in [0.1, 0.15) is 24.1 Å². The van der Waals surface area contributed by atoms with Crippen molar-refractivity contribution in [1.29, 1.82) is 0 Å². The van der Waals surface area contributed by atoms with Crippen LogP contribution in [-0.4, -0.2) is 18.8 Å². The Morgan fingerprint density at radius 2 is 1.86 bits per heavy atom. The SMILES string of the molecule is COc1cccc(C(C)NCc2ccc(OC)c(-c3ccc(=O)n(C)c3)c2)c1. The molecule has 0 spiro atoms. The third kappa shape index (κ3) is 4.43. The number of ether oxygens (including phenoxy) is 2. The molecule has 1 atom stereocenters. The highest BCUT2D eigenvalue weighted by atomic mass is 16.5. The molecule has 0 radical (unpaired) electrons. The average Bonchev–Trinajstić information content (AvgIpc) is 2.73. The van der Waals surface area contributed by atoms with Gasteiger partial charge in [0, 0.05) is 43.0 Å². The summed E-state index contributed by atoms with van der Waals surface area (Å²) in [5.41, 5.74) is 4.19. The minimum Gasteiger partial charge on any atom is -0.497 e. The van der Waals surface area contributed by atoms with Gasteiger partial charge < -0.3 is 19.4 Å². The molecule has 1 heterocycles. The van der Waals surface area contributed by atoms with Gasteiger partial charge in [-0.2, -0.15) is 0 Å². The van der Waals surface area contributed by atoms with Crippen LogP contribution in [0.2, 0.25) is 0 Å². The Bertz CT molecular complexity index is 1010. The topological polar surface area (TPSA) is 52.5 Å². The number of aryl methyl sites for hydroxylation is 1. The summed E-state index contributed by atoms with van der Waals surface area (Å²) in [5, 5.41) is 3.55. The molecular formula is C23H26N2O3. The van der Waals surface area contributed by atoms with Crippen molar-refractivity contribution < 1.29 is 9.47 Å². The van der Waals surface area contributed by atoms with Gasteiger partial charge in [0.2, 0.25) is 5.56 Å². The number of pyridine rings is 1. The van der Waals surface area contributed by atoms with Crippen LogP contribution >= 0.6 is 0 Å². The van der Waals surface area contributed by atoms with E-state index in [9.17, 15) is 4.79 Å². The maximum atomic E-state index is 11.7. The number of benzene rings is 2. The van der Waals surface area contributed by atoms with Gasteiger partial charge in [0.15, 0.2) is 0 Å². The Labute approximate surface area is 165 Å². The second kappa shape index (κ2) is 8.76.